The van der Waals surface area contributed by atoms with E-state index in [0.717, 1.165) is 18.6 Å². The molecule has 0 aromatic carbocycles. The van der Waals surface area contributed by atoms with Crippen LogP contribution in [0.15, 0.2) is 0 Å². The molecule has 64 valence electrons. The Balaban J connectivity index is 2.32. The van der Waals surface area contributed by atoms with Crippen LogP contribution in [-0.4, -0.2) is 16.9 Å². The Morgan fingerprint density at radius 3 is 2.91 bits per heavy atom. The van der Waals surface area contributed by atoms with E-state index < -0.39 is 0 Å². The fourth-order valence-electron chi connectivity index (χ4n) is 1.04. The molecule has 1 aliphatic rings. The Kier molecular flexibility index (Phi) is 4.15. The third-order valence-electron chi connectivity index (χ3n) is 1.70. The van der Waals surface area contributed by atoms with Crippen molar-refractivity contribution >= 4 is 27.5 Å². The largest absolute Gasteiger partial charge is 0.369 e. The van der Waals surface area contributed by atoms with Gasteiger partial charge >= 0.3 is 0 Å². The summed E-state index contributed by atoms with van der Waals surface area (Å²) in [5.41, 5.74) is 5.21. The van der Waals surface area contributed by atoms with E-state index in [1.807, 2.05) is 0 Å². The fraction of sp³-hybridized carbons (Fsp3) is 0.857. The molecule has 0 spiro atoms. The van der Waals surface area contributed by atoms with Crippen molar-refractivity contribution in [3.05, 3.63) is 0 Å². The molecular weight excluding hydrogens is 178 g/mol. The third-order valence-corrected chi connectivity index (χ3v) is 4.59. The fourth-order valence-corrected chi connectivity index (χ4v) is 3.68. The second kappa shape index (κ2) is 4.93. The molecule has 2 N–H and O–H groups in total. The normalized spacial score (nSPS) is 27.1. The molecule has 0 radical (unpaired) electrons. The van der Waals surface area contributed by atoms with Crippen LogP contribution in [0.2, 0.25) is 0 Å². The number of hydrogen-bond acceptors (Lipinski definition) is 3. The van der Waals surface area contributed by atoms with Crippen molar-refractivity contribution in [1.29, 1.82) is 0 Å². The topological polar surface area (TPSA) is 43.1 Å². The zero-order chi connectivity index (χ0) is 8.10. The Bertz CT molecular complexity index is 132. The molecule has 0 saturated carbocycles. The molecule has 0 aromatic rings. The summed E-state index contributed by atoms with van der Waals surface area (Å²) in [4.78, 5) is 10.8. The molecule has 0 bridgehead atoms. The lowest BCUT2D eigenvalue weighted by Gasteiger charge is -2.14. The van der Waals surface area contributed by atoms with Gasteiger partial charge in [0, 0.05) is 5.75 Å². The minimum absolute atomic E-state index is 0.0558. The highest BCUT2D eigenvalue weighted by Gasteiger charge is 2.17. The summed E-state index contributed by atoms with van der Waals surface area (Å²) in [6.45, 7) is 0. The highest BCUT2D eigenvalue weighted by atomic mass is 33.1. The van der Waals surface area contributed by atoms with Crippen LogP contribution in [0.25, 0.3) is 0 Å². The first-order chi connectivity index (χ1) is 5.30. The molecule has 2 nitrogen and oxygen atoms in total. The Hall–Kier alpha value is 0.170. The highest BCUT2D eigenvalue weighted by Crippen LogP contribution is 2.33. The van der Waals surface area contributed by atoms with Crippen molar-refractivity contribution in [2.24, 2.45) is 5.73 Å². The van der Waals surface area contributed by atoms with Crippen LogP contribution in [0.5, 0.6) is 0 Å². The summed E-state index contributed by atoms with van der Waals surface area (Å²) in [6.07, 6.45) is 4.65. The summed E-state index contributed by atoms with van der Waals surface area (Å²) in [5, 5.41) is 0.0558. The molecule has 0 aliphatic carbocycles. The van der Waals surface area contributed by atoms with Crippen molar-refractivity contribution in [3.63, 3.8) is 0 Å². The molecular formula is C7H13NOS2. The van der Waals surface area contributed by atoms with E-state index in [0.29, 0.717) is 0 Å². The monoisotopic (exact) mass is 191 g/mol. The Morgan fingerprint density at radius 2 is 2.18 bits per heavy atom. The van der Waals surface area contributed by atoms with Crippen molar-refractivity contribution in [3.8, 4) is 0 Å². The number of hydrogen-bond donors (Lipinski definition) is 1. The maximum Gasteiger partial charge on any atom is 0.231 e. The molecule has 11 heavy (non-hydrogen) atoms. The van der Waals surface area contributed by atoms with Gasteiger partial charge in [-0.15, -0.1) is 0 Å². The van der Waals surface area contributed by atoms with Crippen LogP contribution >= 0.6 is 21.6 Å². The Labute approximate surface area is 75.1 Å². The maximum atomic E-state index is 10.8. The number of primary amides is 1. The van der Waals surface area contributed by atoms with Gasteiger partial charge in [0.1, 0.15) is 0 Å². The quantitative estimate of drug-likeness (QED) is 0.643. The van der Waals surface area contributed by atoms with Crippen molar-refractivity contribution in [2.45, 2.75) is 30.9 Å². The number of nitrogens with two attached hydrogens (primary N) is 1. The minimum Gasteiger partial charge on any atom is -0.369 e. The molecule has 1 rings (SSSR count). The lowest BCUT2D eigenvalue weighted by molar-refractivity contribution is -0.117. The first-order valence-electron chi connectivity index (χ1n) is 3.88. The molecule has 1 amide bonds. The van der Waals surface area contributed by atoms with Crippen molar-refractivity contribution < 1.29 is 4.79 Å². The number of carbonyl (C=O) groups excluding carboxylic acids is 1. The summed E-state index contributed by atoms with van der Waals surface area (Å²) < 4.78 is 0. The SMILES string of the molecule is NC(=O)C1CCCCCSS1. The van der Waals surface area contributed by atoms with Gasteiger partial charge in [-0.1, -0.05) is 34.4 Å². The van der Waals surface area contributed by atoms with Crippen LogP contribution in [0.4, 0.5) is 0 Å². The van der Waals surface area contributed by atoms with E-state index in [1.165, 1.54) is 12.8 Å². The van der Waals surface area contributed by atoms with E-state index in [2.05, 4.69) is 0 Å². The van der Waals surface area contributed by atoms with E-state index in [1.54, 1.807) is 21.6 Å². The predicted molar refractivity (Wildman–Crippen MR) is 51.5 cm³/mol. The van der Waals surface area contributed by atoms with Crippen LogP contribution in [0.3, 0.4) is 0 Å². The molecule has 4 heteroatoms. The molecule has 1 fully saturated rings. The highest BCUT2D eigenvalue weighted by molar-refractivity contribution is 8.77. The standard InChI is InChI=1S/C7H13NOS2/c8-7(9)6-4-2-1-3-5-10-11-6/h6H,1-5H2,(H2,8,9). The predicted octanol–water partition coefficient (Wildman–Crippen LogP) is 1.80. The van der Waals surface area contributed by atoms with Gasteiger partial charge in [0.05, 0.1) is 5.25 Å². The second-order valence-electron chi connectivity index (χ2n) is 2.66. The van der Waals surface area contributed by atoms with E-state index in [-0.39, 0.29) is 11.2 Å². The van der Waals surface area contributed by atoms with Crippen molar-refractivity contribution in [1.82, 2.24) is 0 Å². The summed E-state index contributed by atoms with van der Waals surface area (Å²) in [6, 6.07) is 0. The van der Waals surface area contributed by atoms with Gasteiger partial charge < -0.3 is 5.73 Å². The zero-order valence-corrected chi connectivity index (χ0v) is 8.05. The summed E-state index contributed by atoms with van der Waals surface area (Å²) >= 11 is 0. The summed E-state index contributed by atoms with van der Waals surface area (Å²) in [5.74, 6) is 1.01. The zero-order valence-electron chi connectivity index (χ0n) is 6.41. The third kappa shape index (κ3) is 3.38. The van der Waals surface area contributed by atoms with E-state index in [4.69, 9.17) is 5.73 Å². The van der Waals surface area contributed by atoms with Gasteiger partial charge in [-0.2, -0.15) is 0 Å². The lowest BCUT2D eigenvalue weighted by atomic mass is 10.1. The first-order valence-corrected chi connectivity index (χ1v) is 6.26. The van der Waals surface area contributed by atoms with Gasteiger partial charge in [-0.3, -0.25) is 4.79 Å². The van der Waals surface area contributed by atoms with Crippen molar-refractivity contribution in [2.75, 3.05) is 5.75 Å². The molecule has 1 heterocycles. The van der Waals surface area contributed by atoms with Crippen LogP contribution in [0, 0.1) is 0 Å². The molecule has 1 saturated heterocycles. The van der Waals surface area contributed by atoms with Crippen LogP contribution in [0.1, 0.15) is 25.7 Å². The molecule has 1 atom stereocenters. The first kappa shape index (κ1) is 9.26. The number of carbonyl (C=O) groups is 1. The van der Waals surface area contributed by atoms with E-state index in [9.17, 15) is 4.79 Å². The minimum atomic E-state index is -0.149. The molecule has 1 aliphatic heterocycles. The average molecular weight is 191 g/mol. The second-order valence-corrected chi connectivity index (χ2v) is 5.35. The van der Waals surface area contributed by atoms with Crippen LogP contribution < -0.4 is 5.73 Å². The maximum absolute atomic E-state index is 10.8. The van der Waals surface area contributed by atoms with Gasteiger partial charge in [0.25, 0.3) is 0 Å². The molecule has 1 unspecified atom stereocenters. The number of rotatable bonds is 1. The average Bonchev–Trinajstić information content (AvgIpc) is 1.84. The van der Waals surface area contributed by atoms with Gasteiger partial charge in [-0.25, -0.2) is 0 Å². The smallest absolute Gasteiger partial charge is 0.231 e. The Morgan fingerprint density at radius 1 is 1.36 bits per heavy atom. The lowest BCUT2D eigenvalue weighted by Crippen LogP contribution is -2.25. The van der Waals surface area contributed by atoms with E-state index >= 15 is 0 Å². The van der Waals surface area contributed by atoms with Gasteiger partial charge in [0.15, 0.2) is 0 Å². The van der Waals surface area contributed by atoms with Crippen LogP contribution in [-0.2, 0) is 4.79 Å². The molecule has 0 aromatic heterocycles. The van der Waals surface area contributed by atoms with Gasteiger partial charge in [-0.05, 0) is 12.8 Å². The van der Waals surface area contributed by atoms with Gasteiger partial charge in [0.2, 0.25) is 5.91 Å². The number of amides is 1. The summed E-state index contributed by atoms with van der Waals surface area (Å²) in [7, 11) is 3.43.